The monoisotopic (exact) mass is 306 g/mol. The summed E-state index contributed by atoms with van der Waals surface area (Å²) in [6.07, 6.45) is 0. The molecule has 2 aromatic rings. The van der Waals surface area contributed by atoms with Crippen LogP contribution in [0.4, 0.5) is 0 Å². The zero-order chi connectivity index (χ0) is 14.8. The van der Waals surface area contributed by atoms with E-state index >= 15 is 0 Å². The SMILES string of the molecule is CC(C)c1nc(CSc2ccccc2)sc1C(C)(C)N. The molecule has 1 aromatic heterocycles. The van der Waals surface area contributed by atoms with Gasteiger partial charge in [-0.3, -0.25) is 0 Å². The van der Waals surface area contributed by atoms with Crippen LogP contribution in [0.25, 0.3) is 0 Å². The van der Waals surface area contributed by atoms with E-state index < -0.39 is 0 Å². The van der Waals surface area contributed by atoms with Crippen molar-refractivity contribution >= 4 is 23.1 Å². The molecule has 0 radical (unpaired) electrons. The Labute approximate surface area is 129 Å². The normalized spacial score (nSPS) is 12.1. The van der Waals surface area contributed by atoms with Gasteiger partial charge in [0, 0.05) is 15.3 Å². The van der Waals surface area contributed by atoms with Crippen LogP contribution in [0.3, 0.4) is 0 Å². The lowest BCUT2D eigenvalue weighted by molar-refractivity contribution is 0.553. The van der Waals surface area contributed by atoms with Gasteiger partial charge in [-0.1, -0.05) is 32.0 Å². The van der Waals surface area contributed by atoms with Gasteiger partial charge in [-0.25, -0.2) is 4.98 Å². The third kappa shape index (κ3) is 3.84. The zero-order valence-electron chi connectivity index (χ0n) is 12.5. The predicted octanol–water partition coefficient (Wildman–Crippen LogP) is 4.75. The number of hydrogen-bond acceptors (Lipinski definition) is 4. The summed E-state index contributed by atoms with van der Waals surface area (Å²) >= 11 is 3.58. The second-order valence-electron chi connectivity index (χ2n) is 5.80. The lowest BCUT2D eigenvalue weighted by Gasteiger charge is -2.19. The molecular weight excluding hydrogens is 284 g/mol. The van der Waals surface area contributed by atoms with E-state index in [2.05, 4.69) is 52.0 Å². The number of nitrogens with zero attached hydrogens (tertiary/aromatic N) is 1. The van der Waals surface area contributed by atoms with Gasteiger partial charge in [-0.2, -0.15) is 0 Å². The van der Waals surface area contributed by atoms with Gasteiger partial charge in [0.05, 0.1) is 11.4 Å². The van der Waals surface area contributed by atoms with Crippen LogP contribution in [-0.4, -0.2) is 4.98 Å². The van der Waals surface area contributed by atoms with E-state index in [1.807, 2.05) is 17.8 Å². The molecule has 0 unspecified atom stereocenters. The highest BCUT2D eigenvalue weighted by Gasteiger charge is 2.24. The first-order chi connectivity index (χ1) is 9.38. The number of aromatic nitrogens is 1. The number of rotatable bonds is 5. The Morgan fingerprint density at radius 2 is 1.90 bits per heavy atom. The van der Waals surface area contributed by atoms with Crippen LogP contribution in [0.5, 0.6) is 0 Å². The van der Waals surface area contributed by atoms with Crippen LogP contribution in [0, 0.1) is 0 Å². The molecule has 0 bridgehead atoms. The maximum atomic E-state index is 6.28. The van der Waals surface area contributed by atoms with E-state index in [4.69, 9.17) is 10.7 Å². The predicted molar refractivity (Wildman–Crippen MR) is 89.4 cm³/mol. The van der Waals surface area contributed by atoms with Crippen molar-refractivity contribution in [2.45, 2.75) is 49.8 Å². The first-order valence-electron chi connectivity index (χ1n) is 6.84. The fraction of sp³-hybridized carbons (Fsp3) is 0.438. The molecule has 108 valence electrons. The Balaban J connectivity index is 2.17. The number of benzene rings is 1. The van der Waals surface area contributed by atoms with E-state index in [0.717, 1.165) is 16.5 Å². The maximum Gasteiger partial charge on any atom is 0.103 e. The maximum absolute atomic E-state index is 6.28. The van der Waals surface area contributed by atoms with Crippen molar-refractivity contribution in [1.29, 1.82) is 0 Å². The Bertz CT molecular complexity index is 554. The van der Waals surface area contributed by atoms with Crippen molar-refractivity contribution in [3.05, 3.63) is 45.9 Å². The third-order valence-corrected chi connectivity index (χ3v) is 5.55. The summed E-state index contributed by atoms with van der Waals surface area (Å²) in [6, 6.07) is 10.4. The summed E-state index contributed by atoms with van der Waals surface area (Å²) in [5.74, 6) is 1.32. The summed E-state index contributed by atoms with van der Waals surface area (Å²) in [5.41, 5.74) is 7.13. The summed E-state index contributed by atoms with van der Waals surface area (Å²) < 4.78 is 0. The highest BCUT2D eigenvalue weighted by molar-refractivity contribution is 7.98. The highest BCUT2D eigenvalue weighted by Crippen LogP contribution is 2.34. The molecule has 0 aliphatic heterocycles. The van der Waals surface area contributed by atoms with E-state index in [9.17, 15) is 0 Å². The van der Waals surface area contributed by atoms with Crippen LogP contribution >= 0.6 is 23.1 Å². The Kier molecular flexibility index (Phi) is 4.89. The van der Waals surface area contributed by atoms with E-state index in [1.54, 1.807) is 11.3 Å². The van der Waals surface area contributed by atoms with Crippen LogP contribution in [0.15, 0.2) is 35.2 Å². The largest absolute Gasteiger partial charge is 0.321 e. The molecule has 1 heterocycles. The number of nitrogens with two attached hydrogens (primary N) is 1. The van der Waals surface area contributed by atoms with Crippen molar-refractivity contribution in [3.63, 3.8) is 0 Å². The highest BCUT2D eigenvalue weighted by atomic mass is 32.2. The van der Waals surface area contributed by atoms with E-state index in [1.165, 1.54) is 9.77 Å². The molecule has 4 heteroatoms. The molecule has 1 aromatic carbocycles. The molecule has 20 heavy (non-hydrogen) atoms. The first kappa shape index (κ1) is 15.5. The van der Waals surface area contributed by atoms with Crippen LogP contribution in [0.1, 0.15) is 49.2 Å². The molecule has 0 saturated carbocycles. The Morgan fingerprint density at radius 3 is 2.40 bits per heavy atom. The third-order valence-electron chi connectivity index (χ3n) is 2.94. The topological polar surface area (TPSA) is 38.9 Å². The summed E-state index contributed by atoms with van der Waals surface area (Å²) in [7, 11) is 0. The molecule has 2 N–H and O–H groups in total. The van der Waals surface area contributed by atoms with Gasteiger partial charge < -0.3 is 5.73 Å². The van der Waals surface area contributed by atoms with Crippen molar-refractivity contribution in [2.75, 3.05) is 0 Å². The summed E-state index contributed by atoms with van der Waals surface area (Å²) in [6.45, 7) is 8.47. The average molecular weight is 307 g/mol. The van der Waals surface area contributed by atoms with Gasteiger partial charge in [0.1, 0.15) is 5.01 Å². The smallest absolute Gasteiger partial charge is 0.103 e. The van der Waals surface area contributed by atoms with Crippen molar-refractivity contribution in [1.82, 2.24) is 4.98 Å². The zero-order valence-corrected chi connectivity index (χ0v) is 14.1. The molecule has 0 amide bonds. The lowest BCUT2D eigenvalue weighted by Crippen LogP contribution is -2.28. The minimum Gasteiger partial charge on any atom is -0.321 e. The van der Waals surface area contributed by atoms with Crippen LogP contribution < -0.4 is 5.73 Å². The Hall–Kier alpha value is -0.840. The molecule has 0 aliphatic rings. The molecule has 2 rings (SSSR count). The molecule has 0 fully saturated rings. The minimum atomic E-state index is -0.313. The minimum absolute atomic E-state index is 0.313. The number of thiazole rings is 1. The van der Waals surface area contributed by atoms with Gasteiger partial charge in [0.25, 0.3) is 0 Å². The molecular formula is C16H22N2S2. The van der Waals surface area contributed by atoms with Crippen molar-refractivity contribution in [3.8, 4) is 0 Å². The summed E-state index contributed by atoms with van der Waals surface area (Å²) in [4.78, 5) is 7.31. The van der Waals surface area contributed by atoms with Crippen LogP contribution in [0.2, 0.25) is 0 Å². The second kappa shape index (κ2) is 6.29. The first-order valence-corrected chi connectivity index (χ1v) is 8.65. The van der Waals surface area contributed by atoms with Gasteiger partial charge in [0.15, 0.2) is 0 Å². The molecule has 0 saturated heterocycles. The lowest BCUT2D eigenvalue weighted by atomic mass is 9.98. The van der Waals surface area contributed by atoms with E-state index in [0.29, 0.717) is 5.92 Å². The van der Waals surface area contributed by atoms with Crippen molar-refractivity contribution in [2.24, 2.45) is 5.73 Å². The van der Waals surface area contributed by atoms with Gasteiger partial charge >= 0.3 is 0 Å². The molecule has 2 nitrogen and oxygen atoms in total. The van der Waals surface area contributed by atoms with Crippen LogP contribution in [-0.2, 0) is 11.3 Å². The molecule has 0 aliphatic carbocycles. The van der Waals surface area contributed by atoms with Crippen molar-refractivity contribution < 1.29 is 0 Å². The Morgan fingerprint density at radius 1 is 1.25 bits per heavy atom. The number of thioether (sulfide) groups is 1. The van der Waals surface area contributed by atoms with E-state index in [-0.39, 0.29) is 5.54 Å². The molecule has 0 atom stereocenters. The van der Waals surface area contributed by atoms with Gasteiger partial charge in [0.2, 0.25) is 0 Å². The second-order valence-corrected chi connectivity index (χ2v) is 7.93. The van der Waals surface area contributed by atoms with Gasteiger partial charge in [-0.05, 0) is 31.9 Å². The standard InChI is InChI=1S/C16H22N2S2/c1-11(2)14-15(16(3,4)17)20-13(18-14)10-19-12-8-6-5-7-9-12/h5-9,11H,10,17H2,1-4H3. The molecule has 0 spiro atoms. The number of hydrogen-bond donors (Lipinski definition) is 1. The van der Waals surface area contributed by atoms with Gasteiger partial charge in [-0.15, -0.1) is 23.1 Å². The summed E-state index contributed by atoms with van der Waals surface area (Å²) in [5, 5.41) is 1.16. The fourth-order valence-electron chi connectivity index (χ4n) is 1.95. The fourth-order valence-corrected chi connectivity index (χ4v) is 4.10. The average Bonchev–Trinajstić information content (AvgIpc) is 2.82. The quantitative estimate of drug-likeness (QED) is 0.810.